The first-order chi connectivity index (χ1) is 10.6. The minimum Gasteiger partial charge on any atom is -0.467 e. The summed E-state index contributed by atoms with van der Waals surface area (Å²) in [6.45, 7) is 9.68. The highest BCUT2D eigenvalue weighted by atomic mass is 28.4. The van der Waals surface area contributed by atoms with Crippen LogP contribution in [0.3, 0.4) is 0 Å². The topological polar surface area (TPSA) is 48.1 Å². The van der Waals surface area contributed by atoms with Gasteiger partial charge < -0.3 is 13.9 Å². The van der Waals surface area contributed by atoms with Crippen molar-refractivity contribution >= 4 is 14.3 Å². The number of benzene rings is 1. The Morgan fingerprint density at radius 2 is 1.91 bits per heavy atom. The number of carbonyl (C=O) groups excluding carboxylic acids is 1. The van der Waals surface area contributed by atoms with Gasteiger partial charge in [0, 0.05) is 0 Å². The van der Waals surface area contributed by atoms with E-state index in [1.807, 2.05) is 30.3 Å². The highest BCUT2D eigenvalue weighted by Gasteiger charge is 2.62. The van der Waals surface area contributed by atoms with Crippen LogP contribution < -0.4 is 0 Å². The van der Waals surface area contributed by atoms with Crippen LogP contribution in [-0.4, -0.2) is 33.6 Å². The molecule has 0 saturated carbocycles. The Kier molecular flexibility index (Phi) is 4.14. The zero-order valence-corrected chi connectivity index (χ0v) is 15.2. The fourth-order valence-corrected chi connectivity index (χ4v) is 3.31. The third-order valence-electron chi connectivity index (χ3n) is 4.59. The maximum absolute atomic E-state index is 12.3. The third kappa shape index (κ3) is 3.11. The van der Waals surface area contributed by atoms with E-state index in [9.17, 15) is 4.79 Å². The molecule has 22 heavy (non-hydrogen) atoms. The van der Waals surface area contributed by atoms with Gasteiger partial charge in [-0.05, 0) is 23.7 Å². The first-order valence-electron chi connectivity index (χ1n) is 8.05. The van der Waals surface area contributed by atoms with Crippen molar-refractivity contribution in [1.29, 1.82) is 0 Å². The largest absolute Gasteiger partial charge is 0.467 e. The first kappa shape index (κ1) is 15.7. The summed E-state index contributed by atoms with van der Waals surface area (Å²) >= 11 is 0. The van der Waals surface area contributed by atoms with Gasteiger partial charge >= 0.3 is 5.97 Å². The Balaban J connectivity index is 2.45. The summed E-state index contributed by atoms with van der Waals surface area (Å²) in [5.74, 6) is -0.551. The van der Waals surface area contributed by atoms with Gasteiger partial charge in [-0.15, -0.1) is 0 Å². The van der Waals surface area contributed by atoms with Gasteiger partial charge in [0.2, 0.25) is 5.60 Å². The number of ether oxygens (including phenoxy) is 2. The van der Waals surface area contributed by atoms with E-state index in [1.54, 1.807) is 0 Å². The molecule has 1 aliphatic heterocycles. The summed E-state index contributed by atoms with van der Waals surface area (Å²) in [7, 11) is -0.868. The first-order valence-corrected chi connectivity index (χ1v) is 10.4. The molecule has 0 amide bonds. The molecule has 1 heterocycles. The van der Waals surface area contributed by atoms with E-state index in [1.165, 1.54) is 7.11 Å². The summed E-state index contributed by atoms with van der Waals surface area (Å²) < 4.78 is 24.8. The summed E-state index contributed by atoms with van der Waals surface area (Å²) in [6.07, 6.45) is -0.639. The van der Waals surface area contributed by atoms with Crippen LogP contribution in [0.1, 0.15) is 33.8 Å². The Hall–Kier alpha value is -1.17. The lowest BCUT2D eigenvalue weighted by Gasteiger charge is -2.40. The number of carbonyl (C=O) groups is 1. The van der Waals surface area contributed by atoms with E-state index in [2.05, 4.69) is 33.9 Å². The number of hydrogen-bond donors (Lipinski definition) is 0. The number of methoxy groups -OCH3 is 1. The van der Waals surface area contributed by atoms with Gasteiger partial charge in [-0.25, -0.2) is 4.79 Å². The maximum atomic E-state index is 12.3. The quantitative estimate of drug-likeness (QED) is 0.471. The number of rotatable bonds is 5. The molecule has 122 valence electrons. The molecule has 0 aromatic heterocycles. The lowest BCUT2D eigenvalue weighted by molar-refractivity contribution is -0.151. The second-order valence-electron chi connectivity index (χ2n) is 7.19. The van der Waals surface area contributed by atoms with Crippen LogP contribution in [0.15, 0.2) is 30.3 Å². The maximum Gasteiger partial charge on any atom is 0.343 e. The van der Waals surface area contributed by atoms with Gasteiger partial charge in [0.1, 0.15) is 6.10 Å². The fraction of sp³-hybridized carbons (Fsp3) is 0.588. The van der Waals surface area contributed by atoms with Gasteiger partial charge in [0.15, 0.2) is 8.32 Å². The van der Waals surface area contributed by atoms with E-state index in [4.69, 9.17) is 15.3 Å². The predicted molar refractivity (Wildman–Crippen MR) is 88.2 cm³/mol. The minimum absolute atomic E-state index is 0.0241. The normalized spacial score (nSPS) is 27.0. The zero-order chi connectivity index (χ0) is 17.5. The molecule has 0 aliphatic carbocycles. The van der Waals surface area contributed by atoms with Crippen LogP contribution in [0.4, 0.5) is 0 Å². The molecule has 4 nitrogen and oxygen atoms in total. The Bertz CT molecular complexity index is 570. The molecular weight excluding hydrogens is 296 g/mol. The van der Waals surface area contributed by atoms with E-state index in [-0.39, 0.29) is 5.04 Å². The zero-order valence-electron chi connectivity index (χ0n) is 15.2. The van der Waals surface area contributed by atoms with E-state index >= 15 is 0 Å². The van der Waals surface area contributed by atoms with Crippen molar-refractivity contribution in [3.05, 3.63) is 35.9 Å². The van der Waals surface area contributed by atoms with E-state index in [0.717, 1.165) is 5.56 Å². The summed E-state index contributed by atoms with van der Waals surface area (Å²) in [5.41, 5.74) is -0.538. The minimum atomic E-state index is -2.18. The highest BCUT2D eigenvalue weighted by Crippen LogP contribution is 2.48. The van der Waals surface area contributed by atoms with Gasteiger partial charge in [-0.3, -0.25) is 0 Å². The molecule has 0 radical (unpaired) electrons. The molecular formula is C17H26O4Si. The van der Waals surface area contributed by atoms with Crippen LogP contribution in [-0.2, 0) is 18.7 Å². The van der Waals surface area contributed by atoms with Crippen LogP contribution in [0.5, 0.6) is 0 Å². The third-order valence-corrected chi connectivity index (χ3v) is 9.02. The molecule has 1 aromatic carbocycles. The molecule has 3 atom stereocenters. The summed E-state index contributed by atoms with van der Waals surface area (Å²) in [6, 6.07) is 9.49. The van der Waals surface area contributed by atoms with Gasteiger partial charge in [0.25, 0.3) is 0 Å². The van der Waals surface area contributed by atoms with Gasteiger partial charge in [0.05, 0.1) is 15.1 Å². The summed E-state index contributed by atoms with van der Waals surface area (Å²) in [5, 5.41) is -0.0241. The smallest absolute Gasteiger partial charge is 0.343 e. The van der Waals surface area contributed by atoms with Crippen molar-refractivity contribution in [3.8, 4) is 0 Å². The highest BCUT2D eigenvalue weighted by molar-refractivity contribution is 6.74. The second-order valence-corrected chi connectivity index (χ2v) is 11.9. The average molecular weight is 323 g/mol. The van der Waals surface area contributed by atoms with Gasteiger partial charge in [-0.1, -0.05) is 51.1 Å². The monoisotopic (exact) mass is 323 g/mol. The van der Waals surface area contributed by atoms with Crippen LogP contribution in [0, 0.1) is 0 Å². The molecule has 5 heteroatoms. The van der Waals surface area contributed by atoms with Crippen LogP contribution in [0.2, 0.25) is 18.1 Å². The number of epoxide rings is 1. The molecule has 0 unspecified atom stereocenters. The van der Waals surface area contributed by atoms with Crippen molar-refractivity contribution in [2.75, 3.05) is 13.7 Å². The molecule has 1 saturated heterocycles. The van der Waals surface area contributed by atoms with Gasteiger partial charge in [-0.2, -0.15) is 0 Å². The molecule has 0 bridgehead atoms. The number of esters is 1. The van der Waals surface area contributed by atoms with Crippen molar-refractivity contribution < 1.29 is 20.1 Å². The predicted octanol–water partition coefficient (Wildman–Crippen LogP) is 3.69. The average Bonchev–Trinajstić information content (AvgIpc) is 3.16. The van der Waals surface area contributed by atoms with Crippen molar-refractivity contribution in [1.82, 2.24) is 0 Å². The van der Waals surface area contributed by atoms with Crippen molar-refractivity contribution in [2.45, 2.75) is 50.6 Å². The second kappa shape index (κ2) is 5.79. The molecule has 1 aromatic rings. The lowest BCUT2D eigenvalue weighted by atomic mass is 9.96. The molecule has 2 rings (SSSR count). The van der Waals surface area contributed by atoms with E-state index < -0.39 is 32.6 Å². The molecule has 1 fully saturated rings. The molecule has 0 N–H and O–H groups in total. The fourth-order valence-electron chi connectivity index (χ4n) is 2.05. The molecule has 0 spiro atoms. The Labute approximate surface area is 135 Å². The van der Waals surface area contributed by atoms with Crippen LogP contribution in [0.25, 0.3) is 0 Å². The van der Waals surface area contributed by atoms with Crippen LogP contribution >= 0.6 is 0 Å². The molecule has 1 aliphatic rings. The van der Waals surface area contributed by atoms with Crippen molar-refractivity contribution in [3.63, 3.8) is 0 Å². The van der Waals surface area contributed by atoms with E-state index in [0.29, 0.717) is 0 Å². The standard InChI is InChI=1S/C17H26O4Si/c1-16(2,3)22(5,6)21-14(13-10-8-7-9-11-13)17(12-20-17)15(18)19-4/h7-11,14H,12H2,1-6H3/t14-,17-/m1/s1/i12D/t12-,14-,17-. The Morgan fingerprint density at radius 3 is 2.32 bits per heavy atom. The SMILES string of the molecule is [2H][C@H]1O[C@@]1(C(=O)OC)[C@H](O[Si](C)(C)C(C)(C)C)c1ccccc1. The number of hydrogen-bond acceptors (Lipinski definition) is 4. The van der Waals surface area contributed by atoms with Crippen molar-refractivity contribution in [2.24, 2.45) is 0 Å². The summed E-state index contributed by atoms with van der Waals surface area (Å²) in [4.78, 5) is 12.3. The Morgan fingerprint density at radius 1 is 1.36 bits per heavy atom. The lowest BCUT2D eigenvalue weighted by Crippen LogP contribution is -2.46.